The Hall–Kier alpha value is -3.45. The molecule has 0 aliphatic carbocycles. The summed E-state index contributed by atoms with van der Waals surface area (Å²) in [4.78, 5) is 19.8. The molecule has 7 heteroatoms. The second-order valence-corrected chi connectivity index (χ2v) is 6.54. The predicted octanol–water partition coefficient (Wildman–Crippen LogP) is 2.69. The molecule has 0 spiro atoms. The Kier molecular flexibility index (Phi) is 5.16. The van der Waals surface area contributed by atoms with Crippen molar-refractivity contribution in [3.63, 3.8) is 0 Å². The van der Waals surface area contributed by atoms with Crippen LogP contribution in [-0.2, 0) is 0 Å². The van der Waals surface area contributed by atoms with Crippen molar-refractivity contribution < 1.29 is 5.11 Å². The smallest absolute Gasteiger partial charge is 0.263 e. The number of aliphatic hydroxyl groups is 1. The van der Waals surface area contributed by atoms with Crippen molar-refractivity contribution in [1.29, 1.82) is 0 Å². The third-order valence-electron chi connectivity index (χ3n) is 4.70. The molecule has 0 saturated heterocycles. The summed E-state index contributed by atoms with van der Waals surface area (Å²) < 4.78 is 1.65. The van der Waals surface area contributed by atoms with E-state index >= 15 is 0 Å². The molecule has 2 heterocycles. The predicted molar refractivity (Wildman–Crippen MR) is 109 cm³/mol. The first-order valence-corrected chi connectivity index (χ1v) is 9.19. The van der Waals surface area contributed by atoms with Crippen LogP contribution in [0.15, 0.2) is 71.7 Å². The number of fused-ring (bicyclic) bond motifs is 1. The van der Waals surface area contributed by atoms with Gasteiger partial charge in [-0.05, 0) is 24.1 Å². The Morgan fingerprint density at radius 2 is 1.79 bits per heavy atom. The molecule has 28 heavy (non-hydrogen) atoms. The summed E-state index contributed by atoms with van der Waals surface area (Å²) in [6, 6.07) is 19.6. The Morgan fingerprint density at radius 3 is 2.50 bits per heavy atom. The maximum atomic E-state index is 12.5. The van der Waals surface area contributed by atoms with Crippen LogP contribution in [0.2, 0.25) is 0 Å². The highest BCUT2D eigenvalue weighted by Crippen LogP contribution is 2.20. The van der Waals surface area contributed by atoms with E-state index in [9.17, 15) is 9.90 Å². The monoisotopic (exact) mass is 375 g/mol. The Bertz CT molecular complexity index is 1110. The van der Waals surface area contributed by atoms with Crippen LogP contribution < -0.4 is 10.9 Å². The van der Waals surface area contributed by atoms with Crippen molar-refractivity contribution in [2.24, 2.45) is 0 Å². The van der Waals surface area contributed by atoms with Crippen molar-refractivity contribution in [2.45, 2.75) is 12.3 Å². The lowest BCUT2D eigenvalue weighted by Gasteiger charge is -2.17. The molecule has 0 amide bonds. The van der Waals surface area contributed by atoms with Gasteiger partial charge in [0.15, 0.2) is 5.65 Å². The van der Waals surface area contributed by atoms with Crippen molar-refractivity contribution in [2.75, 3.05) is 18.5 Å². The molecule has 0 fully saturated rings. The molecule has 1 unspecified atom stereocenters. The van der Waals surface area contributed by atoms with Gasteiger partial charge in [0.05, 0.1) is 11.9 Å². The lowest BCUT2D eigenvalue weighted by Crippen LogP contribution is -2.19. The van der Waals surface area contributed by atoms with E-state index < -0.39 is 0 Å². The molecular weight excluding hydrogens is 354 g/mol. The van der Waals surface area contributed by atoms with Gasteiger partial charge in [0.1, 0.15) is 5.39 Å². The lowest BCUT2D eigenvalue weighted by molar-refractivity contribution is 0.277. The fraction of sp³-hybridized carbons (Fsp3) is 0.190. The third kappa shape index (κ3) is 3.65. The van der Waals surface area contributed by atoms with Crippen LogP contribution in [-0.4, -0.2) is 38.0 Å². The summed E-state index contributed by atoms with van der Waals surface area (Å²) in [5.74, 6) is 0.486. The summed E-state index contributed by atoms with van der Waals surface area (Å²) >= 11 is 0. The summed E-state index contributed by atoms with van der Waals surface area (Å²) in [5, 5.41) is 17.4. The zero-order valence-electron chi connectivity index (χ0n) is 15.2. The van der Waals surface area contributed by atoms with Crippen molar-refractivity contribution >= 4 is 17.0 Å². The second kappa shape index (κ2) is 8.06. The third-order valence-corrected chi connectivity index (χ3v) is 4.70. The molecule has 0 saturated carbocycles. The molecule has 3 N–H and O–H groups in total. The van der Waals surface area contributed by atoms with Crippen LogP contribution in [0, 0.1) is 0 Å². The SMILES string of the molecule is O=c1[nH]c(NCC(CCO)c2ccccc2)nc2c1cnn2-c1ccccc1. The summed E-state index contributed by atoms with van der Waals surface area (Å²) in [7, 11) is 0. The first kappa shape index (κ1) is 17.9. The fourth-order valence-electron chi connectivity index (χ4n) is 3.25. The molecule has 2 aromatic carbocycles. The first-order valence-electron chi connectivity index (χ1n) is 9.19. The molecule has 4 rings (SSSR count). The van der Waals surface area contributed by atoms with Gasteiger partial charge in [-0.3, -0.25) is 9.78 Å². The Morgan fingerprint density at radius 1 is 1.07 bits per heavy atom. The highest BCUT2D eigenvalue weighted by Gasteiger charge is 2.14. The number of aliphatic hydroxyl groups excluding tert-OH is 1. The van der Waals surface area contributed by atoms with E-state index in [4.69, 9.17) is 0 Å². The first-order chi connectivity index (χ1) is 13.8. The Labute approximate surface area is 161 Å². The number of hydrogen-bond acceptors (Lipinski definition) is 5. The minimum absolute atomic E-state index is 0.0883. The number of benzene rings is 2. The number of aromatic nitrogens is 4. The normalized spacial score (nSPS) is 12.2. The number of rotatable bonds is 7. The molecule has 0 aliphatic rings. The number of hydrogen-bond donors (Lipinski definition) is 3. The van der Waals surface area contributed by atoms with Gasteiger partial charge in [0.25, 0.3) is 5.56 Å². The highest BCUT2D eigenvalue weighted by atomic mass is 16.3. The van der Waals surface area contributed by atoms with Crippen LogP contribution >= 0.6 is 0 Å². The van der Waals surface area contributed by atoms with E-state index in [1.54, 1.807) is 4.68 Å². The maximum Gasteiger partial charge on any atom is 0.263 e. The Balaban J connectivity index is 1.63. The minimum atomic E-state index is -0.242. The van der Waals surface area contributed by atoms with Crippen molar-refractivity contribution in [3.05, 3.63) is 82.8 Å². The fourth-order valence-corrected chi connectivity index (χ4v) is 3.25. The highest BCUT2D eigenvalue weighted by molar-refractivity contribution is 5.76. The van der Waals surface area contributed by atoms with E-state index in [2.05, 4.69) is 20.4 Å². The van der Waals surface area contributed by atoms with E-state index in [-0.39, 0.29) is 18.1 Å². The zero-order valence-corrected chi connectivity index (χ0v) is 15.2. The maximum absolute atomic E-state index is 12.5. The van der Waals surface area contributed by atoms with Gasteiger partial charge in [-0.25, -0.2) is 4.68 Å². The number of para-hydroxylation sites is 1. The second-order valence-electron chi connectivity index (χ2n) is 6.54. The van der Waals surface area contributed by atoms with Gasteiger partial charge < -0.3 is 10.4 Å². The molecule has 0 bridgehead atoms. The number of nitrogens with zero attached hydrogens (tertiary/aromatic N) is 3. The van der Waals surface area contributed by atoms with Crippen LogP contribution in [0.1, 0.15) is 17.9 Å². The van der Waals surface area contributed by atoms with E-state index in [1.165, 1.54) is 6.20 Å². The van der Waals surface area contributed by atoms with Crippen LogP contribution in [0.3, 0.4) is 0 Å². The minimum Gasteiger partial charge on any atom is -0.396 e. The van der Waals surface area contributed by atoms with E-state index in [0.717, 1.165) is 11.3 Å². The summed E-state index contributed by atoms with van der Waals surface area (Å²) in [6.07, 6.45) is 2.14. The number of aromatic amines is 1. The summed E-state index contributed by atoms with van der Waals surface area (Å²) in [6.45, 7) is 0.628. The van der Waals surface area contributed by atoms with Gasteiger partial charge in [-0.2, -0.15) is 10.1 Å². The van der Waals surface area contributed by atoms with E-state index in [0.29, 0.717) is 29.9 Å². The van der Waals surface area contributed by atoms with E-state index in [1.807, 2.05) is 60.7 Å². The zero-order chi connectivity index (χ0) is 19.3. The number of nitrogens with one attached hydrogen (secondary N) is 2. The molecule has 4 aromatic rings. The molecular formula is C21H21N5O2. The molecule has 0 aliphatic heterocycles. The van der Waals surface area contributed by atoms with Gasteiger partial charge in [-0.1, -0.05) is 48.5 Å². The standard InChI is InChI=1S/C21H21N5O2/c27-12-11-16(15-7-3-1-4-8-15)13-22-21-24-19-18(20(28)25-21)14-23-26(19)17-9-5-2-6-10-17/h1-10,14,16,27H,11-13H2,(H2,22,24,25,28). The van der Waals surface area contributed by atoms with Crippen LogP contribution in [0.25, 0.3) is 16.7 Å². The molecule has 142 valence electrons. The average molecular weight is 375 g/mol. The van der Waals surface area contributed by atoms with Gasteiger partial charge in [-0.15, -0.1) is 0 Å². The topological polar surface area (TPSA) is 95.8 Å². The average Bonchev–Trinajstić information content (AvgIpc) is 3.17. The quantitative estimate of drug-likeness (QED) is 0.462. The molecule has 1 atom stereocenters. The van der Waals surface area contributed by atoms with Crippen LogP contribution in [0.4, 0.5) is 5.95 Å². The number of H-pyrrole nitrogens is 1. The molecule has 2 aromatic heterocycles. The van der Waals surface area contributed by atoms with Gasteiger partial charge in [0, 0.05) is 19.1 Å². The lowest BCUT2D eigenvalue weighted by atomic mass is 9.96. The van der Waals surface area contributed by atoms with Gasteiger partial charge >= 0.3 is 0 Å². The van der Waals surface area contributed by atoms with Crippen LogP contribution in [0.5, 0.6) is 0 Å². The summed E-state index contributed by atoms with van der Waals surface area (Å²) in [5.41, 5.74) is 2.22. The molecule has 0 radical (unpaired) electrons. The molecule has 7 nitrogen and oxygen atoms in total. The number of anilines is 1. The van der Waals surface area contributed by atoms with Gasteiger partial charge in [0.2, 0.25) is 5.95 Å². The largest absolute Gasteiger partial charge is 0.396 e. The van der Waals surface area contributed by atoms with Crippen molar-refractivity contribution in [1.82, 2.24) is 19.7 Å². The van der Waals surface area contributed by atoms with Crippen molar-refractivity contribution in [3.8, 4) is 5.69 Å².